The van der Waals surface area contributed by atoms with Crippen LogP contribution in [0.2, 0.25) is 0 Å². The van der Waals surface area contributed by atoms with Gasteiger partial charge >= 0.3 is 5.97 Å². The van der Waals surface area contributed by atoms with Crippen LogP contribution in [0.3, 0.4) is 0 Å². The van der Waals surface area contributed by atoms with Crippen molar-refractivity contribution in [3.05, 3.63) is 18.2 Å². The molecule has 0 radical (unpaired) electrons. The fourth-order valence-electron chi connectivity index (χ4n) is 3.20. The molecule has 1 N–H and O–H groups in total. The van der Waals surface area contributed by atoms with E-state index in [-0.39, 0.29) is 23.0 Å². The molecular weight excluding hydrogens is 348 g/mol. The minimum Gasteiger partial charge on any atom is -0.480 e. The summed E-state index contributed by atoms with van der Waals surface area (Å²) in [5.74, 6) is -0.888. The summed E-state index contributed by atoms with van der Waals surface area (Å²) in [7, 11) is -1.96. The highest BCUT2D eigenvalue weighted by molar-refractivity contribution is 7.89. The topological polar surface area (TPSA) is 117 Å². The second-order valence-corrected chi connectivity index (χ2v) is 8.09. The fraction of sp³-hybridized carbons (Fsp3) is 0.533. The molecule has 1 atom stereocenters. The van der Waals surface area contributed by atoms with Crippen LogP contribution < -0.4 is 0 Å². The van der Waals surface area contributed by atoms with Crippen LogP contribution in [0.25, 0.3) is 11.0 Å². The van der Waals surface area contributed by atoms with Gasteiger partial charge in [-0.3, -0.25) is 9.69 Å². The Balaban J connectivity index is 1.80. The standard InChI is InChI=1S/C15H20N4O5S/c1-18(10-14(20)21)11-4-3-8-19(9-7-11)25(22,23)13-6-2-5-12-15(13)17-24-16-12/h2,5-6,11H,3-4,7-10H2,1H3,(H,20,21). The summed E-state index contributed by atoms with van der Waals surface area (Å²) in [6.07, 6.45) is 2.00. The van der Waals surface area contributed by atoms with Gasteiger partial charge in [0.25, 0.3) is 0 Å². The average Bonchev–Trinajstić information content (AvgIpc) is 2.88. The first kappa shape index (κ1) is 17.8. The number of nitrogens with zero attached hydrogens (tertiary/aromatic N) is 4. The fourth-order valence-corrected chi connectivity index (χ4v) is 4.83. The van der Waals surface area contributed by atoms with Crippen molar-refractivity contribution in [1.29, 1.82) is 0 Å². The molecule has 0 amide bonds. The van der Waals surface area contributed by atoms with Crippen molar-refractivity contribution in [3.63, 3.8) is 0 Å². The van der Waals surface area contributed by atoms with Crippen LogP contribution in [0.5, 0.6) is 0 Å². The molecule has 1 aliphatic rings. The first-order valence-corrected chi connectivity index (χ1v) is 9.47. The van der Waals surface area contributed by atoms with Crippen LogP contribution in [0.15, 0.2) is 27.7 Å². The largest absolute Gasteiger partial charge is 0.480 e. The predicted octanol–water partition coefficient (Wildman–Crippen LogP) is 0.782. The molecule has 0 bridgehead atoms. The van der Waals surface area contributed by atoms with Gasteiger partial charge in [0, 0.05) is 19.1 Å². The third kappa shape index (κ3) is 3.65. The Morgan fingerprint density at radius 2 is 2.16 bits per heavy atom. The zero-order chi connectivity index (χ0) is 18.0. The van der Waals surface area contributed by atoms with Gasteiger partial charge in [-0.15, -0.1) is 0 Å². The minimum atomic E-state index is -3.72. The number of hydrogen-bond acceptors (Lipinski definition) is 7. The molecular formula is C15H20N4O5S. The number of aliphatic carboxylic acids is 1. The molecule has 3 rings (SSSR count). The van der Waals surface area contributed by atoms with Gasteiger partial charge < -0.3 is 5.11 Å². The van der Waals surface area contributed by atoms with Crippen LogP contribution in [0.4, 0.5) is 0 Å². The molecule has 1 aromatic carbocycles. The van der Waals surface area contributed by atoms with Gasteiger partial charge in [0.2, 0.25) is 10.0 Å². The van der Waals surface area contributed by atoms with Crippen LogP contribution >= 0.6 is 0 Å². The van der Waals surface area contributed by atoms with Gasteiger partial charge in [-0.1, -0.05) is 6.07 Å². The molecule has 10 heteroatoms. The third-order valence-corrected chi connectivity index (χ3v) is 6.46. The van der Waals surface area contributed by atoms with Crippen LogP contribution in [0.1, 0.15) is 19.3 Å². The smallest absolute Gasteiger partial charge is 0.317 e. The summed E-state index contributed by atoms with van der Waals surface area (Å²) in [5.41, 5.74) is 0.626. The Morgan fingerprint density at radius 3 is 2.92 bits per heavy atom. The van der Waals surface area contributed by atoms with Crippen molar-refractivity contribution < 1.29 is 22.9 Å². The predicted molar refractivity (Wildman–Crippen MR) is 88.5 cm³/mol. The Bertz CT molecular complexity index is 866. The molecule has 0 saturated carbocycles. The van der Waals surface area contributed by atoms with Crippen LogP contribution in [-0.4, -0.2) is 71.7 Å². The summed E-state index contributed by atoms with van der Waals surface area (Å²) in [6.45, 7) is 0.668. The molecule has 1 fully saturated rings. The van der Waals surface area contributed by atoms with Crippen LogP contribution in [0, 0.1) is 0 Å². The number of carboxylic acid groups (broad SMARTS) is 1. The molecule has 2 aromatic rings. The maximum Gasteiger partial charge on any atom is 0.317 e. The molecule has 2 heterocycles. The Labute approximate surface area is 145 Å². The van der Waals surface area contributed by atoms with E-state index in [0.717, 1.165) is 6.42 Å². The van der Waals surface area contributed by atoms with Gasteiger partial charge in [0.05, 0.1) is 6.54 Å². The summed E-state index contributed by atoms with van der Waals surface area (Å²) in [5, 5.41) is 16.3. The summed E-state index contributed by atoms with van der Waals surface area (Å²) in [4.78, 5) is 12.7. The summed E-state index contributed by atoms with van der Waals surface area (Å²) in [6, 6.07) is 4.80. The van der Waals surface area contributed by atoms with E-state index in [0.29, 0.717) is 31.4 Å². The second-order valence-electron chi connectivity index (χ2n) is 6.19. The molecule has 0 aliphatic carbocycles. The Morgan fingerprint density at radius 1 is 1.36 bits per heavy atom. The quantitative estimate of drug-likeness (QED) is 0.823. The van der Waals surface area contributed by atoms with E-state index in [1.54, 1.807) is 24.1 Å². The van der Waals surface area contributed by atoms with E-state index in [9.17, 15) is 13.2 Å². The lowest BCUT2D eigenvalue weighted by Crippen LogP contribution is -2.37. The maximum absolute atomic E-state index is 13.0. The molecule has 0 spiro atoms. The number of likely N-dealkylation sites (N-methyl/N-ethyl adjacent to an activating group) is 1. The zero-order valence-corrected chi connectivity index (χ0v) is 14.6. The minimum absolute atomic E-state index is 0.0424. The number of benzene rings is 1. The molecule has 1 aromatic heterocycles. The molecule has 1 saturated heterocycles. The van der Waals surface area contributed by atoms with E-state index >= 15 is 0 Å². The third-order valence-electron chi connectivity index (χ3n) is 4.53. The van der Waals surface area contributed by atoms with Crippen molar-refractivity contribution in [1.82, 2.24) is 19.5 Å². The molecule has 25 heavy (non-hydrogen) atoms. The van der Waals surface area contributed by atoms with Crippen molar-refractivity contribution in [2.75, 3.05) is 26.7 Å². The number of hydrogen-bond donors (Lipinski definition) is 1. The van der Waals surface area contributed by atoms with Gasteiger partial charge in [0.15, 0.2) is 5.52 Å². The highest BCUT2D eigenvalue weighted by Gasteiger charge is 2.31. The van der Waals surface area contributed by atoms with Crippen molar-refractivity contribution in [2.45, 2.75) is 30.2 Å². The lowest BCUT2D eigenvalue weighted by atomic mass is 10.1. The zero-order valence-electron chi connectivity index (χ0n) is 13.8. The van der Waals surface area contributed by atoms with Gasteiger partial charge in [0.1, 0.15) is 10.4 Å². The van der Waals surface area contributed by atoms with E-state index < -0.39 is 16.0 Å². The van der Waals surface area contributed by atoms with Gasteiger partial charge in [-0.05, 0) is 48.8 Å². The van der Waals surface area contributed by atoms with E-state index in [4.69, 9.17) is 5.11 Å². The number of carbonyl (C=O) groups is 1. The number of sulfonamides is 1. The van der Waals surface area contributed by atoms with E-state index in [2.05, 4.69) is 14.9 Å². The summed E-state index contributed by atoms with van der Waals surface area (Å²) >= 11 is 0. The molecule has 136 valence electrons. The average molecular weight is 368 g/mol. The molecule has 9 nitrogen and oxygen atoms in total. The lowest BCUT2D eigenvalue weighted by Gasteiger charge is -2.25. The van der Waals surface area contributed by atoms with Crippen molar-refractivity contribution in [3.8, 4) is 0 Å². The lowest BCUT2D eigenvalue weighted by molar-refractivity contribution is -0.138. The van der Waals surface area contributed by atoms with E-state index in [1.165, 1.54) is 10.4 Å². The van der Waals surface area contributed by atoms with Crippen molar-refractivity contribution in [2.24, 2.45) is 0 Å². The number of aromatic nitrogens is 2. The normalized spacial score (nSPS) is 20.0. The Hall–Kier alpha value is -2.04. The molecule has 1 aliphatic heterocycles. The summed E-state index contributed by atoms with van der Waals surface area (Å²) < 4.78 is 32.1. The first-order chi connectivity index (χ1) is 11.9. The van der Waals surface area contributed by atoms with E-state index in [1.807, 2.05) is 0 Å². The number of rotatable bonds is 5. The van der Waals surface area contributed by atoms with Crippen molar-refractivity contribution >= 4 is 27.0 Å². The molecule has 1 unspecified atom stereocenters. The monoisotopic (exact) mass is 368 g/mol. The van der Waals surface area contributed by atoms with Gasteiger partial charge in [-0.2, -0.15) is 4.31 Å². The van der Waals surface area contributed by atoms with Crippen LogP contribution in [-0.2, 0) is 14.8 Å². The van der Waals surface area contributed by atoms with Gasteiger partial charge in [-0.25, -0.2) is 13.0 Å². The first-order valence-electron chi connectivity index (χ1n) is 8.03. The Kier molecular flexibility index (Phi) is 5.02. The SMILES string of the molecule is CN(CC(=O)O)C1CCCN(S(=O)(=O)c2cccc3nonc23)CC1. The number of fused-ring (bicyclic) bond motifs is 1. The number of carboxylic acids is 1. The highest BCUT2D eigenvalue weighted by atomic mass is 32.2. The maximum atomic E-state index is 13.0. The highest BCUT2D eigenvalue weighted by Crippen LogP contribution is 2.26. The second kappa shape index (κ2) is 7.06.